The number of carboxylic acid groups (broad SMARTS) is 1. The lowest BCUT2D eigenvalue weighted by molar-refractivity contribution is -0.133. The summed E-state index contributed by atoms with van der Waals surface area (Å²) < 4.78 is 1.11. The Morgan fingerprint density at radius 3 is 2.71 bits per heavy atom. The Hall–Kier alpha value is -0.760. The van der Waals surface area contributed by atoms with E-state index in [-0.39, 0.29) is 17.4 Å². The first-order valence-electron chi connectivity index (χ1n) is 4.84. The van der Waals surface area contributed by atoms with Crippen LogP contribution in [-0.2, 0) is 9.59 Å². The van der Waals surface area contributed by atoms with Crippen molar-refractivity contribution in [2.24, 2.45) is 0 Å². The van der Waals surface area contributed by atoms with Crippen LogP contribution in [0.5, 0.6) is 0 Å². The number of aryl methyl sites for hydroxylation is 1. The maximum Gasteiger partial charge on any atom is 0.313 e. The summed E-state index contributed by atoms with van der Waals surface area (Å²) in [4.78, 5) is 21.8. The topological polar surface area (TPSA) is 66.4 Å². The zero-order valence-corrected chi connectivity index (χ0v) is 12.2. The molecule has 0 unspecified atom stereocenters. The molecule has 0 aliphatic carbocycles. The maximum absolute atomic E-state index is 11.5. The molecule has 4 nitrogen and oxygen atoms in total. The van der Waals surface area contributed by atoms with Gasteiger partial charge in [0.1, 0.15) is 0 Å². The van der Waals surface area contributed by atoms with Gasteiger partial charge in [0.25, 0.3) is 0 Å². The van der Waals surface area contributed by atoms with Gasteiger partial charge in [-0.15, -0.1) is 11.8 Å². The molecule has 0 radical (unpaired) electrons. The molecule has 0 atom stereocenters. The summed E-state index contributed by atoms with van der Waals surface area (Å²) >= 11 is 3.29. The van der Waals surface area contributed by atoms with E-state index >= 15 is 0 Å². The highest BCUT2D eigenvalue weighted by molar-refractivity contribution is 14.1. The van der Waals surface area contributed by atoms with Crippen LogP contribution in [0.4, 0.5) is 5.69 Å². The van der Waals surface area contributed by atoms with Crippen LogP contribution in [0.25, 0.3) is 0 Å². The van der Waals surface area contributed by atoms with Crippen LogP contribution in [0, 0.1) is 10.5 Å². The van der Waals surface area contributed by atoms with E-state index in [0.29, 0.717) is 0 Å². The average Bonchev–Trinajstić information content (AvgIpc) is 2.21. The van der Waals surface area contributed by atoms with Gasteiger partial charge in [-0.2, -0.15) is 0 Å². The third kappa shape index (κ3) is 5.40. The number of carbonyl (C=O) groups is 2. The Kier molecular flexibility index (Phi) is 5.76. The van der Waals surface area contributed by atoms with Crippen molar-refractivity contribution in [3.8, 4) is 0 Å². The largest absolute Gasteiger partial charge is 0.481 e. The van der Waals surface area contributed by atoms with Crippen molar-refractivity contribution in [1.29, 1.82) is 0 Å². The Morgan fingerprint density at radius 2 is 2.12 bits per heavy atom. The fraction of sp³-hybridized carbons (Fsp3) is 0.273. The van der Waals surface area contributed by atoms with Crippen molar-refractivity contribution < 1.29 is 14.7 Å². The molecule has 17 heavy (non-hydrogen) atoms. The van der Waals surface area contributed by atoms with Crippen molar-refractivity contribution >= 4 is 51.9 Å². The number of aliphatic carboxylic acids is 1. The second-order valence-corrected chi connectivity index (χ2v) is 5.63. The fourth-order valence-electron chi connectivity index (χ4n) is 1.18. The molecule has 1 amide bonds. The van der Waals surface area contributed by atoms with Gasteiger partial charge in [0.2, 0.25) is 5.91 Å². The van der Waals surface area contributed by atoms with Crippen LogP contribution < -0.4 is 5.32 Å². The summed E-state index contributed by atoms with van der Waals surface area (Å²) in [5, 5.41) is 11.2. The third-order valence-corrected chi connectivity index (χ3v) is 3.51. The quantitative estimate of drug-likeness (QED) is 0.787. The van der Waals surface area contributed by atoms with Gasteiger partial charge in [0.15, 0.2) is 0 Å². The molecule has 1 aromatic carbocycles. The number of amides is 1. The molecular weight excluding hydrogens is 353 g/mol. The Bertz CT molecular complexity index is 437. The summed E-state index contributed by atoms with van der Waals surface area (Å²) in [5.41, 5.74) is 1.76. The van der Waals surface area contributed by atoms with E-state index in [1.54, 1.807) is 0 Å². The van der Waals surface area contributed by atoms with Gasteiger partial charge in [0.05, 0.1) is 11.5 Å². The van der Waals surface area contributed by atoms with E-state index in [1.807, 2.05) is 25.1 Å². The highest BCUT2D eigenvalue weighted by atomic mass is 127. The predicted molar refractivity (Wildman–Crippen MR) is 77.5 cm³/mol. The number of rotatable bonds is 5. The molecule has 6 heteroatoms. The molecule has 0 heterocycles. The first-order chi connectivity index (χ1) is 7.99. The minimum Gasteiger partial charge on any atom is -0.481 e. The number of anilines is 1. The van der Waals surface area contributed by atoms with Gasteiger partial charge in [-0.1, -0.05) is 0 Å². The summed E-state index contributed by atoms with van der Waals surface area (Å²) in [5.74, 6) is -0.995. The summed E-state index contributed by atoms with van der Waals surface area (Å²) in [6.45, 7) is 1.92. The van der Waals surface area contributed by atoms with E-state index in [2.05, 4.69) is 27.9 Å². The number of halogens is 1. The number of benzene rings is 1. The Balaban J connectivity index is 2.48. The van der Waals surface area contributed by atoms with Crippen LogP contribution in [0.2, 0.25) is 0 Å². The fourth-order valence-corrected chi connectivity index (χ4v) is 2.37. The van der Waals surface area contributed by atoms with E-state index in [0.717, 1.165) is 26.6 Å². The number of carboxylic acids is 1. The van der Waals surface area contributed by atoms with Crippen LogP contribution in [0.3, 0.4) is 0 Å². The molecule has 1 rings (SSSR count). The van der Waals surface area contributed by atoms with Crippen LogP contribution in [0.1, 0.15) is 5.56 Å². The second-order valence-electron chi connectivity index (χ2n) is 3.39. The van der Waals surface area contributed by atoms with Gasteiger partial charge in [0, 0.05) is 9.26 Å². The molecular formula is C11H12INO3S. The predicted octanol–water partition coefficient (Wildman–Crippen LogP) is 2.36. The van der Waals surface area contributed by atoms with Gasteiger partial charge in [-0.05, 0) is 53.3 Å². The molecule has 2 N–H and O–H groups in total. The van der Waals surface area contributed by atoms with Gasteiger partial charge < -0.3 is 10.4 Å². The number of hydrogen-bond acceptors (Lipinski definition) is 3. The third-order valence-electron chi connectivity index (χ3n) is 1.92. The summed E-state index contributed by atoms with van der Waals surface area (Å²) in [6, 6.07) is 5.73. The monoisotopic (exact) mass is 365 g/mol. The normalized spacial score (nSPS) is 10.0. The van der Waals surface area contributed by atoms with Gasteiger partial charge >= 0.3 is 5.97 Å². The van der Waals surface area contributed by atoms with Gasteiger partial charge in [-0.3, -0.25) is 9.59 Å². The molecule has 0 saturated heterocycles. The van der Waals surface area contributed by atoms with Crippen molar-refractivity contribution in [2.45, 2.75) is 6.92 Å². The summed E-state index contributed by atoms with van der Waals surface area (Å²) in [6.07, 6.45) is 0. The van der Waals surface area contributed by atoms with Crippen LogP contribution in [0.15, 0.2) is 18.2 Å². The first kappa shape index (κ1) is 14.3. The smallest absolute Gasteiger partial charge is 0.313 e. The Morgan fingerprint density at radius 1 is 1.41 bits per heavy atom. The van der Waals surface area contributed by atoms with Crippen molar-refractivity contribution in [3.63, 3.8) is 0 Å². The van der Waals surface area contributed by atoms with E-state index in [9.17, 15) is 9.59 Å². The Labute approximate surface area is 117 Å². The lowest BCUT2D eigenvalue weighted by Crippen LogP contribution is -2.16. The molecule has 0 bridgehead atoms. The number of carbonyl (C=O) groups excluding carboxylic acids is 1. The number of hydrogen-bond donors (Lipinski definition) is 2. The standard InChI is InChI=1S/C11H12INO3S/c1-7-4-8(12)2-3-9(7)13-10(14)5-17-6-11(15)16/h2-4H,5-6H2,1H3,(H,13,14)(H,15,16). The van der Waals surface area contributed by atoms with Crippen molar-refractivity contribution in [2.75, 3.05) is 16.8 Å². The number of nitrogens with one attached hydrogen (secondary N) is 1. The van der Waals surface area contributed by atoms with E-state index in [1.165, 1.54) is 0 Å². The van der Waals surface area contributed by atoms with Crippen LogP contribution in [-0.4, -0.2) is 28.5 Å². The first-order valence-corrected chi connectivity index (χ1v) is 7.08. The minimum absolute atomic E-state index is 0.0565. The lowest BCUT2D eigenvalue weighted by atomic mass is 10.2. The van der Waals surface area contributed by atoms with E-state index in [4.69, 9.17) is 5.11 Å². The highest BCUT2D eigenvalue weighted by Gasteiger charge is 2.06. The molecule has 0 aliphatic rings. The zero-order valence-electron chi connectivity index (χ0n) is 9.20. The highest BCUT2D eigenvalue weighted by Crippen LogP contribution is 2.17. The molecule has 92 valence electrons. The zero-order chi connectivity index (χ0) is 12.8. The van der Waals surface area contributed by atoms with Crippen molar-refractivity contribution in [3.05, 3.63) is 27.3 Å². The second kappa shape index (κ2) is 6.85. The molecule has 0 fully saturated rings. The van der Waals surface area contributed by atoms with Crippen LogP contribution >= 0.6 is 34.4 Å². The van der Waals surface area contributed by atoms with Crippen molar-refractivity contribution in [1.82, 2.24) is 0 Å². The minimum atomic E-state index is -0.909. The van der Waals surface area contributed by atoms with E-state index < -0.39 is 5.97 Å². The summed E-state index contributed by atoms with van der Waals surface area (Å²) in [7, 11) is 0. The SMILES string of the molecule is Cc1cc(I)ccc1NC(=O)CSCC(=O)O. The molecule has 0 spiro atoms. The number of thioether (sulfide) groups is 1. The van der Waals surface area contributed by atoms with Gasteiger partial charge in [-0.25, -0.2) is 0 Å². The molecule has 1 aromatic rings. The molecule has 0 aliphatic heterocycles. The molecule has 0 saturated carbocycles. The lowest BCUT2D eigenvalue weighted by Gasteiger charge is -2.08. The maximum atomic E-state index is 11.5. The average molecular weight is 365 g/mol. The molecule has 0 aromatic heterocycles.